The quantitative estimate of drug-likeness (QED) is 0.883. The molecule has 2 heterocycles. The van der Waals surface area contributed by atoms with E-state index in [-0.39, 0.29) is 0 Å². The highest BCUT2D eigenvalue weighted by Crippen LogP contribution is 2.17. The third-order valence-corrected chi connectivity index (χ3v) is 4.11. The van der Waals surface area contributed by atoms with Gasteiger partial charge in [-0.1, -0.05) is 20.8 Å². The Bertz CT molecular complexity index is 385. The summed E-state index contributed by atoms with van der Waals surface area (Å²) in [5.74, 6) is 1.93. The summed E-state index contributed by atoms with van der Waals surface area (Å²) < 4.78 is 2.13. The normalized spacial score (nSPS) is 25.1. The van der Waals surface area contributed by atoms with Crippen molar-refractivity contribution in [3.63, 3.8) is 0 Å². The van der Waals surface area contributed by atoms with Crippen molar-refractivity contribution < 1.29 is 0 Å². The third-order valence-electron chi connectivity index (χ3n) is 4.11. The van der Waals surface area contributed by atoms with E-state index >= 15 is 0 Å². The predicted molar refractivity (Wildman–Crippen MR) is 78.9 cm³/mol. The van der Waals surface area contributed by atoms with Crippen LogP contribution in [0.25, 0.3) is 0 Å². The molecule has 4 nitrogen and oxygen atoms in total. The van der Waals surface area contributed by atoms with Gasteiger partial charge in [-0.2, -0.15) is 0 Å². The van der Waals surface area contributed by atoms with E-state index in [9.17, 15) is 0 Å². The first-order chi connectivity index (χ1) is 9.10. The molecule has 2 unspecified atom stereocenters. The van der Waals surface area contributed by atoms with Crippen molar-refractivity contribution in [1.29, 1.82) is 0 Å². The first kappa shape index (κ1) is 14.5. The number of rotatable bonds is 5. The average Bonchev–Trinajstić information content (AvgIpc) is 2.75. The summed E-state index contributed by atoms with van der Waals surface area (Å²) >= 11 is 0. The van der Waals surface area contributed by atoms with E-state index in [1.165, 1.54) is 18.7 Å². The highest BCUT2D eigenvalue weighted by atomic mass is 15.3. The van der Waals surface area contributed by atoms with Gasteiger partial charge in [0.05, 0.1) is 6.54 Å². The van der Waals surface area contributed by atoms with Crippen LogP contribution >= 0.6 is 0 Å². The average molecular weight is 264 g/mol. The van der Waals surface area contributed by atoms with Crippen LogP contribution in [0.1, 0.15) is 39.4 Å². The zero-order valence-electron chi connectivity index (χ0n) is 12.8. The van der Waals surface area contributed by atoms with Crippen molar-refractivity contribution >= 4 is 0 Å². The predicted octanol–water partition coefficient (Wildman–Crippen LogP) is 2.02. The summed E-state index contributed by atoms with van der Waals surface area (Å²) in [6.45, 7) is 10.1. The SMILES string of the molecule is CCC1CNC(CC(C)C)CN1Cc1nccn1C. The largest absolute Gasteiger partial charge is 0.337 e. The number of nitrogens with zero attached hydrogens (tertiary/aromatic N) is 3. The van der Waals surface area contributed by atoms with Crippen LogP contribution in [-0.2, 0) is 13.6 Å². The number of hydrogen-bond acceptors (Lipinski definition) is 3. The van der Waals surface area contributed by atoms with Gasteiger partial charge in [-0.15, -0.1) is 0 Å². The standard InChI is InChI=1S/C15H28N4/c1-5-14-9-17-13(8-12(2)3)10-19(14)11-15-16-6-7-18(15)4/h6-7,12-14,17H,5,8-11H2,1-4H3. The number of hydrogen-bond donors (Lipinski definition) is 1. The first-order valence-electron chi connectivity index (χ1n) is 7.53. The maximum Gasteiger partial charge on any atom is 0.122 e. The van der Waals surface area contributed by atoms with Gasteiger partial charge in [0, 0.05) is 44.6 Å². The van der Waals surface area contributed by atoms with Gasteiger partial charge >= 0.3 is 0 Å². The molecule has 0 radical (unpaired) electrons. The third kappa shape index (κ3) is 3.80. The van der Waals surface area contributed by atoms with E-state index in [1.54, 1.807) is 0 Å². The van der Waals surface area contributed by atoms with Crippen molar-refractivity contribution in [2.24, 2.45) is 13.0 Å². The Balaban J connectivity index is 1.99. The Kier molecular flexibility index (Phi) is 4.99. The number of aryl methyl sites for hydroxylation is 1. The summed E-state index contributed by atoms with van der Waals surface area (Å²) in [4.78, 5) is 7.07. The van der Waals surface area contributed by atoms with Crippen LogP contribution in [0.15, 0.2) is 12.4 Å². The monoisotopic (exact) mass is 264 g/mol. The first-order valence-corrected chi connectivity index (χ1v) is 7.53. The lowest BCUT2D eigenvalue weighted by Crippen LogP contribution is -2.56. The summed E-state index contributed by atoms with van der Waals surface area (Å²) in [5.41, 5.74) is 0. The summed E-state index contributed by atoms with van der Waals surface area (Å²) in [6.07, 6.45) is 6.38. The van der Waals surface area contributed by atoms with Crippen LogP contribution in [-0.4, -0.2) is 39.6 Å². The van der Waals surface area contributed by atoms with Crippen molar-refractivity contribution in [1.82, 2.24) is 19.8 Å². The van der Waals surface area contributed by atoms with E-state index in [4.69, 9.17) is 0 Å². The molecule has 1 saturated heterocycles. The van der Waals surface area contributed by atoms with Gasteiger partial charge < -0.3 is 9.88 Å². The maximum absolute atomic E-state index is 4.47. The zero-order chi connectivity index (χ0) is 13.8. The van der Waals surface area contributed by atoms with Crippen LogP contribution < -0.4 is 5.32 Å². The maximum atomic E-state index is 4.47. The molecule has 0 aromatic carbocycles. The van der Waals surface area contributed by atoms with Gasteiger partial charge in [-0.3, -0.25) is 4.90 Å². The lowest BCUT2D eigenvalue weighted by molar-refractivity contribution is 0.107. The molecule has 108 valence electrons. The number of piperazine rings is 1. The minimum Gasteiger partial charge on any atom is -0.337 e. The Hall–Kier alpha value is -0.870. The lowest BCUT2D eigenvalue weighted by Gasteiger charge is -2.40. The molecule has 0 saturated carbocycles. The second-order valence-corrected chi connectivity index (χ2v) is 6.18. The molecule has 0 aliphatic carbocycles. The van der Waals surface area contributed by atoms with E-state index in [0.29, 0.717) is 12.1 Å². The van der Waals surface area contributed by atoms with Crippen molar-refractivity contribution in [3.05, 3.63) is 18.2 Å². The fourth-order valence-corrected chi connectivity index (χ4v) is 2.98. The van der Waals surface area contributed by atoms with Gasteiger partial charge in [0.15, 0.2) is 0 Å². The molecular formula is C15H28N4. The smallest absolute Gasteiger partial charge is 0.122 e. The van der Waals surface area contributed by atoms with E-state index in [0.717, 1.165) is 25.6 Å². The Morgan fingerprint density at radius 2 is 2.26 bits per heavy atom. The van der Waals surface area contributed by atoms with Crippen molar-refractivity contribution in [3.8, 4) is 0 Å². The molecule has 4 heteroatoms. The molecule has 1 aromatic rings. The Morgan fingerprint density at radius 1 is 1.47 bits per heavy atom. The van der Waals surface area contributed by atoms with Crippen molar-refractivity contribution in [2.45, 2.75) is 52.2 Å². The highest BCUT2D eigenvalue weighted by molar-refractivity contribution is 4.94. The van der Waals surface area contributed by atoms with Crippen LogP contribution in [0, 0.1) is 5.92 Å². The minimum absolute atomic E-state index is 0.628. The fourth-order valence-electron chi connectivity index (χ4n) is 2.98. The molecule has 0 spiro atoms. The van der Waals surface area contributed by atoms with Crippen LogP contribution in [0.2, 0.25) is 0 Å². The van der Waals surface area contributed by atoms with Crippen molar-refractivity contribution in [2.75, 3.05) is 13.1 Å². The summed E-state index contributed by atoms with van der Waals surface area (Å²) in [7, 11) is 2.08. The van der Waals surface area contributed by atoms with Crippen LogP contribution in [0.3, 0.4) is 0 Å². The molecule has 0 amide bonds. The number of imidazole rings is 1. The molecule has 1 N–H and O–H groups in total. The zero-order valence-corrected chi connectivity index (χ0v) is 12.8. The second-order valence-electron chi connectivity index (χ2n) is 6.18. The van der Waals surface area contributed by atoms with Crippen LogP contribution in [0.5, 0.6) is 0 Å². The summed E-state index contributed by atoms with van der Waals surface area (Å²) in [6, 6.07) is 1.27. The van der Waals surface area contributed by atoms with E-state index < -0.39 is 0 Å². The highest BCUT2D eigenvalue weighted by Gasteiger charge is 2.27. The Morgan fingerprint density at radius 3 is 2.84 bits per heavy atom. The van der Waals surface area contributed by atoms with Gasteiger partial charge in [0.25, 0.3) is 0 Å². The van der Waals surface area contributed by atoms with E-state index in [1.807, 2.05) is 12.4 Å². The van der Waals surface area contributed by atoms with Gasteiger partial charge in [-0.25, -0.2) is 4.98 Å². The van der Waals surface area contributed by atoms with Gasteiger partial charge in [0.2, 0.25) is 0 Å². The topological polar surface area (TPSA) is 33.1 Å². The number of aromatic nitrogens is 2. The van der Waals surface area contributed by atoms with Gasteiger partial charge in [-0.05, 0) is 18.8 Å². The van der Waals surface area contributed by atoms with Gasteiger partial charge in [0.1, 0.15) is 5.82 Å². The fraction of sp³-hybridized carbons (Fsp3) is 0.800. The Labute approximate surface area is 117 Å². The molecule has 1 aliphatic heterocycles. The second kappa shape index (κ2) is 6.53. The summed E-state index contributed by atoms with van der Waals surface area (Å²) in [5, 5.41) is 3.71. The molecule has 1 aromatic heterocycles. The lowest BCUT2D eigenvalue weighted by atomic mass is 9.99. The number of nitrogens with one attached hydrogen (secondary N) is 1. The molecule has 1 aliphatic rings. The molecule has 19 heavy (non-hydrogen) atoms. The van der Waals surface area contributed by atoms with E-state index in [2.05, 4.69) is 47.6 Å². The molecule has 0 bridgehead atoms. The molecular weight excluding hydrogens is 236 g/mol. The minimum atomic E-state index is 0.628. The molecule has 1 fully saturated rings. The molecule has 2 atom stereocenters. The molecule has 2 rings (SSSR count). The van der Waals surface area contributed by atoms with Crippen LogP contribution in [0.4, 0.5) is 0 Å².